The van der Waals surface area contributed by atoms with Gasteiger partial charge in [0.2, 0.25) is 5.95 Å². The Kier molecular flexibility index (Phi) is 8.78. The van der Waals surface area contributed by atoms with E-state index in [-0.39, 0.29) is 21.7 Å². The molecule has 1 fully saturated rings. The molecule has 0 unspecified atom stereocenters. The molecule has 2 heterocycles. The highest BCUT2D eigenvalue weighted by Gasteiger charge is 2.32. The average Bonchev–Trinajstić information content (AvgIpc) is 2.87. The summed E-state index contributed by atoms with van der Waals surface area (Å²) in [6, 6.07) is 10.5. The molecular weight excluding hydrogens is 543 g/mol. The molecule has 12 heteroatoms. The Bertz CT molecular complexity index is 1480. The van der Waals surface area contributed by atoms with Crippen LogP contribution >= 0.6 is 11.6 Å². The first-order valence-corrected chi connectivity index (χ1v) is 15.0. The number of hydrogen-bond acceptors (Lipinski definition) is 8. The van der Waals surface area contributed by atoms with E-state index in [9.17, 15) is 8.42 Å². The van der Waals surface area contributed by atoms with Crippen molar-refractivity contribution in [2.24, 2.45) is 0 Å². The van der Waals surface area contributed by atoms with Gasteiger partial charge in [0.15, 0.2) is 15.7 Å². The lowest BCUT2D eigenvalue weighted by Crippen LogP contribution is -2.32. The first-order chi connectivity index (χ1) is 18.7. The van der Waals surface area contributed by atoms with Crippen molar-refractivity contribution in [3.05, 3.63) is 58.7 Å². The second-order valence-electron chi connectivity index (χ2n) is 11.2. The molecule has 4 rings (SSSR count). The van der Waals surface area contributed by atoms with E-state index in [4.69, 9.17) is 32.0 Å². The number of rotatable bonds is 9. The van der Waals surface area contributed by atoms with Crippen molar-refractivity contribution in [1.82, 2.24) is 15.3 Å². The van der Waals surface area contributed by atoms with Crippen molar-refractivity contribution in [2.45, 2.75) is 68.4 Å². The molecule has 1 saturated heterocycles. The summed E-state index contributed by atoms with van der Waals surface area (Å²) in [6.07, 6.45) is 3.53. The second-order valence-corrected chi connectivity index (χ2v) is 14.1. The maximum Gasteiger partial charge on any atom is 0.229 e. The predicted molar refractivity (Wildman–Crippen MR) is 164 cm³/mol. The summed E-state index contributed by atoms with van der Waals surface area (Å²) in [6.45, 7) is 10.5. The number of piperidine rings is 1. The zero-order valence-corrected chi connectivity index (χ0v) is 25.1. The highest BCUT2D eigenvalue weighted by atomic mass is 35.5. The summed E-state index contributed by atoms with van der Waals surface area (Å²) >= 11 is 6.42. The van der Waals surface area contributed by atoms with Crippen LogP contribution in [0.1, 0.15) is 57.6 Å². The van der Waals surface area contributed by atoms with Gasteiger partial charge in [-0.15, -0.1) is 0 Å². The van der Waals surface area contributed by atoms with Crippen LogP contribution in [0.5, 0.6) is 5.75 Å². The van der Waals surface area contributed by atoms with Gasteiger partial charge in [0.05, 0.1) is 35.8 Å². The van der Waals surface area contributed by atoms with E-state index in [0.717, 1.165) is 31.5 Å². The van der Waals surface area contributed by atoms with E-state index in [1.807, 2.05) is 12.1 Å². The zero-order valence-electron chi connectivity index (χ0n) is 23.5. The quantitative estimate of drug-likeness (QED) is 0.292. The topological polar surface area (TPSA) is 105 Å². The van der Waals surface area contributed by atoms with Gasteiger partial charge in [-0.2, -0.15) is 4.98 Å². The first kappa shape index (κ1) is 30.2. The standard InChI is InChI=1S/C28H34B2ClN5O3S/c1-17-14-22(23(39-27(2,3)29)15-19(17)18-10-12-32-13-11-18)35-26-33-16-20(31)25(36-26)34-21-8-6-7-9-24(21)40(37,38)28(4,5)30/h6-9,14-16,18,32H,10-13H2,1-5H3,(H2,33,34,35,36). The van der Waals surface area contributed by atoms with Crippen molar-refractivity contribution in [2.75, 3.05) is 23.7 Å². The van der Waals surface area contributed by atoms with E-state index >= 15 is 0 Å². The first-order valence-electron chi connectivity index (χ1n) is 13.2. The van der Waals surface area contributed by atoms with Gasteiger partial charge in [0.25, 0.3) is 0 Å². The second kappa shape index (κ2) is 11.6. The van der Waals surface area contributed by atoms with Gasteiger partial charge in [-0.05, 0) is 88.0 Å². The van der Waals surface area contributed by atoms with E-state index in [1.54, 1.807) is 32.0 Å². The molecule has 1 aliphatic heterocycles. The Balaban J connectivity index is 1.69. The van der Waals surface area contributed by atoms with Crippen LogP contribution in [0.2, 0.25) is 5.02 Å². The van der Waals surface area contributed by atoms with Crippen LogP contribution in [0.25, 0.3) is 0 Å². The molecule has 1 aromatic heterocycles. The SMILES string of the molecule is [B]C(C)(C)Oc1cc(C2CCNCC2)c(C)cc1Nc1ncc(Cl)c(Nc2ccccc2S(=O)(=O)C([B])(C)C)n1. The number of hydrogen-bond donors (Lipinski definition) is 3. The number of nitrogens with one attached hydrogen (secondary N) is 3. The fourth-order valence-electron chi connectivity index (χ4n) is 4.59. The van der Waals surface area contributed by atoms with Gasteiger partial charge in [-0.1, -0.05) is 37.6 Å². The molecule has 0 spiro atoms. The van der Waals surface area contributed by atoms with Crippen molar-refractivity contribution in [3.63, 3.8) is 0 Å². The molecule has 0 bridgehead atoms. The molecule has 40 heavy (non-hydrogen) atoms. The van der Waals surface area contributed by atoms with Crippen LogP contribution < -0.4 is 20.7 Å². The van der Waals surface area contributed by atoms with Gasteiger partial charge >= 0.3 is 0 Å². The molecule has 0 saturated carbocycles. The molecule has 8 nitrogen and oxygen atoms in total. The summed E-state index contributed by atoms with van der Waals surface area (Å²) in [4.78, 5) is 8.92. The largest absolute Gasteiger partial charge is 0.496 e. The predicted octanol–water partition coefficient (Wildman–Crippen LogP) is 5.35. The van der Waals surface area contributed by atoms with Gasteiger partial charge < -0.3 is 20.7 Å². The van der Waals surface area contributed by atoms with Gasteiger partial charge in [0, 0.05) is 4.65 Å². The number of halogens is 1. The van der Waals surface area contributed by atoms with E-state index < -0.39 is 20.0 Å². The molecule has 4 radical (unpaired) electrons. The van der Waals surface area contributed by atoms with Gasteiger partial charge in [-0.3, -0.25) is 0 Å². The third kappa shape index (κ3) is 6.93. The van der Waals surface area contributed by atoms with Crippen LogP contribution in [0.15, 0.2) is 47.5 Å². The normalized spacial score (nSPS) is 15.1. The summed E-state index contributed by atoms with van der Waals surface area (Å²) in [7, 11) is 8.34. The van der Waals surface area contributed by atoms with E-state index in [0.29, 0.717) is 23.0 Å². The number of aromatic nitrogens is 2. The Labute approximate surface area is 244 Å². The maximum absolute atomic E-state index is 13.1. The van der Waals surface area contributed by atoms with Gasteiger partial charge in [0.1, 0.15) is 18.6 Å². The molecule has 3 N–H and O–H groups in total. The van der Waals surface area contributed by atoms with Crippen molar-refractivity contribution in [1.29, 1.82) is 0 Å². The van der Waals surface area contributed by atoms with Crippen LogP contribution in [0.3, 0.4) is 0 Å². The summed E-state index contributed by atoms with van der Waals surface area (Å²) in [5, 5.41) is 9.90. The van der Waals surface area contributed by atoms with Crippen LogP contribution in [0, 0.1) is 6.92 Å². The lowest BCUT2D eigenvalue weighted by atomic mass is 9.85. The molecule has 3 aromatic rings. The molecule has 0 atom stereocenters. The third-order valence-electron chi connectivity index (χ3n) is 6.63. The number of sulfone groups is 1. The minimum atomic E-state index is -3.86. The van der Waals surface area contributed by atoms with Crippen molar-refractivity contribution >= 4 is 60.3 Å². The number of para-hydroxylation sites is 1. The fraction of sp³-hybridized carbons (Fsp3) is 0.429. The minimum Gasteiger partial charge on any atom is -0.496 e. The Morgan fingerprint density at radius 2 is 1.73 bits per heavy atom. The molecule has 1 aliphatic rings. The maximum atomic E-state index is 13.1. The fourth-order valence-corrected chi connectivity index (χ4v) is 5.96. The average molecular weight is 578 g/mol. The van der Waals surface area contributed by atoms with Crippen LogP contribution in [-0.4, -0.2) is 57.3 Å². The number of nitrogens with zero attached hydrogens (tertiary/aromatic N) is 2. The molecular formula is C28H34B2ClN5O3S. The summed E-state index contributed by atoms with van der Waals surface area (Å²) in [5.41, 5.74) is 2.37. The molecule has 0 aliphatic carbocycles. The van der Waals surface area contributed by atoms with Crippen LogP contribution in [-0.2, 0) is 9.84 Å². The Hall–Kier alpha value is -2.75. The zero-order chi connectivity index (χ0) is 29.3. The minimum absolute atomic E-state index is 0.0386. The lowest BCUT2D eigenvalue weighted by Gasteiger charge is -2.28. The monoisotopic (exact) mass is 577 g/mol. The number of ether oxygens (including phenoxy) is 1. The Morgan fingerprint density at radius 1 is 1.05 bits per heavy atom. The smallest absolute Gasteiger partial charge is 0.229 e. The summed E-state index contributed by atoms with van der Waals surface area (Å²) < 4.78 is 30.9. The van der Waals surface area contributed by atoms with Gasteiger partial charge in [-0.25, -0.2) is 13.4 Å². The van der Waals surface area contributed by atoms with E-state index in [1.165, 1.54) is 31.7 Å². The molecule has 2 aromatic carbocycles. The number of benzene rings is 2. The highest BCUT2D eigenvalue weighted by molar-refractivity contribution is 7.94. The van der Waals surface area contributed by atoms with Crippen molar-refractivity contribution < 1.29 is 13.2 Å². The van der Waals surface area contributed by atoms with Crippen molar-refractivity contribution in [3.8, 4) is 5.75 Å². The van der Waals surface area contributed by atoms with E-state index in [2.05, 4.69) is 32.8 Å². The lowest BCUT2D eigenvalue weighted by molar-refractivity contribution is 0.199. The Morgan fingerprint density at radius 3 is 2.38 bits per heavy atom. The third-order valence-corrected chi connectivity index (χ3v) is 9.23. The van der Waals surface area contributed by atoms with Crippen LogP contribution in [0.4, 0.5) is 23.1 Å². The highest BCUT2D eigenvalue weighted by Crippen LogP contribution is 2.38. The summed E-state index contributed by atoms with van der Waals surface area (Å²) in [5.74, 6) is 1.47. The molecule has 208 valence electrons. The number of aryl methyl sites for hydroxylation is 1. The number of anilines is 4. The molecule has 0 amide bonds.